The van der Waals surface area contributed by atoms with E-state index in [1.165, 1.54) is 12.8 Å². The van der Waals surface area contributed by atoms with Crippen molar-refractivity contribution in [3.05, 3.63) is 0 Å². The summed E-state index contributed by atoms with van der Waals surface area (Å²) in [5.74, 6) is 0.174. The maximum absolute atomic E-state index is 12.2. The molecular formula is C15H27N3O2. The molecule has 1 N–H and O–H groups in total. The lowest BCUT2D eigenvalue weighted by Gasteiger charge is -2.38. The number of nitrogens with one attached hydrogen (secondary N) is 1. The fraction of sp³-hybridized carbons (Fsp3) is 0.867. The van der Waals surface area contributed by atoms with Crippen LogP contribution < -0.4 is 5.32 Å². The third kappa shape index (κ3) is 3.64. The molecule has 1 heterocycles. The first kappa shape index (κ1) is 15.1. The number of nitrogens with zero attached hydrogens (tertiary/aromatic N) is 2. The van der Waals surface area contributed by atoms with Crippen molar-refractivity contribution in [1.29, 1.82) is 0 Å². The summed E-state index contributed by atoms with van der Waals surface area (Å²) in [5.41, 5.74) is -0.339. The first-order chi connectivity index (χ1) is 9.38. The molecule has 2 aliphatic rings. The Morgan fingerprint density at radius 1 is 0.950 bits per heavy atom. The molecular weight excluding hydrogens is 254 g/mol. The standard InChI is InChI=1S/C15H27N3O2/c1-15(2,3)13(19)17-8-10-18(11-9-17)14(20)16-12-6-4-5-7-12/h12H,4-11H2,1-3H3,(H,16,20). The quantitative estimate of drug-likeness (QED) is 0.797. The average molecular weight is 281 g/mol. The molecule has 1 saturated carbocycles. The molecule has 2 fully saturated rings. The summed E-state index contributed by atoms with van der Waals surface area (Å²) < 4.78 is 0. The van der Waals surface area contributed by atoms with Crippen molar-refractivity contribution in [1.82, 2.24) is 15.1 Å². The van der Waals surface area contributed by atoms with Gasteiger partial charge in [0.2, 0.25) is 5.91 Å². The highest BCUT2D eigenvalue weighted by Gasteiger charge is 2.31. The fourth-order valence-corrected chi connectivity index (χ4v) is 2.92. The number of urea groups is 1. The lowest BCUT2D eigenvalue weighted by atomic mass is 9.94. The Morgan fingerprint density at radius 2 is 1.45 bits per heavy atom. The van der Waals surface area contributed by atoms with Crippen LogP contribution >= 0.6 is 0 Å². The summed E-state index contributed by atoms with van der Waals surface area (Å²) in [6.45, 7) is 8.39. The van der Waals surface area contributed by atoms with E-state index in [1.807, 2.05) is 30.6 Å². The molecule has 0 spiro atoms. The van der Waals surface area contributed by atoms with Gasteiger partial charge in [-0.05, 0) is 12.8 Å². The lowest BCUT2D eigenvalue weighted by molar-refractivity contribution is -0.140. The SMILES string of the molecule is CC(C)(C)C(=O)N1CCN(C(=O)NC2CCCC2)CC1. The Labute approximate surface area is 121 Å². The number of carbonyl (C=O) groups is 2. The second-order valence-electron chi connectivity index (χ2n) is 6.96. The van der Waals surface area contributed by atoms with Gasteiger partial charge < -0.3 is 15.1 Å². The van der Waals surface area contributed by atoms with Gasteiger partial charge in [-0.1, -0.05) is 33.6 Å². The molecule has 1 aliphatic carbocycles. The monoisotopic (exact) mass is 281 g/mol. The molecule has 0 aromatic carbocycles. The molecule has 0 aromatic heterocycles. The van der Waals surface area contributed by atoms with E-state index in [2.05, 4.69) is 5.32 Å². The second-order valence-corrected chi connectivity index (χ2v) is 6.96. The van der Waals surface area contributed by atoms with Crippen molar-refractivity contribution in [2.75, 3.05) is 26.2 Å². The zero-order chi connectivity index (χ0) is 14.8. The Hall–Kier alpha value is -1.26. The highest BCUT2D eigenvalue weighted by molar-refractivity contribution is 5.82. The van der Waals surface area contributed by atoms with Crippen molar-refractivity contribution >= 4 is 11.9 Å². The third-order valence-corrected chi connectivity index (χ3v) is 4.18. The molecule has 0 atom stereocenters. The first-order valence-corrected chi connectivity index (χ1v) is 7.73. The van der Waals surface area contributed by atoms with Gasteiger partial charge in [0, 0.05) is 37.6 Å². The minimum atomic E-state index is -0.339. The highest BCUT2D eigenvalue weighted by atomic mass is 16.2. The van der Waals surface area contributed by atoms with Crippen LogP contribution in [0.5, 0.6) is 0 Å². The molecule has 20 heavy (non-hydrogen) atoms. The number of piperazine rings is 1. The van der Waals surface area contributed by atoms with Crippen molar-refractivity contribution in [3.63, 3.8) is 0 Å². The largest absolute Gasteiger partial charge is 0.339 e. The van der Waals surface area contributed by atoms with E-state index in [4.69, 9.17) is 0 Å². The van der Waals surface area contributed by atoms with Crippen LogP contribution in [0.4, 0.5) is 4.79 Å². The molecule has 3 amide bonds. The van der Waals surface area contributed by atoms with Crippen LogP contribution in [-0.2, 0) is 4.79 Å². The molecule has 0 bridgehead atoms. The number of rotatable bonds is 1. The van der Waals surface area contributed by atoms with Crippen LogP contribution in [0.1, 0.15) is 46.5 Å². The predicted octanol–water partition coefficient (Wildman–Crippen LogP) is 1.83. The molecule has 0 aromatic rings. The van der Waals surface area contributed by atoms with E-state index >= 15 is 0 Å². The van der Waals surface area contributed by atoms with Crippen molar-refractivity contribution in [3.8, 4) is 0 Å². The van der Waals surface area contributed by atoms with Gasteiger partial charge in [0.25, 0.3) is 0 Å². The molecule has 1 saturated heterocycles. The predicted molar refractivity (Wildman–Crippen MR) is 78.4 cm³/mol. The third-order valence-electron chi connectivity index (χ3n) is 4.18. The Morgan fingerprint density at radius 3 is 1.95 bits per heavy atom. The van der Waals surface area contributed by atoms with Crippen LogP contribution in [-0.4, -0.2) is 54.0 Å². The Bertz CT molecular complexity index is 362. The van der Waals surface area contributed by atoms with Gasteiger partial charge in [-0.15, -0.1) is 0 Å². The van der Waals surface area contributed by atoms with E-state index in [9.17, 15) is 9.59 Å². The number of amides is 3. The molecule has 5 nitrogen and oxygen atoms in total. The number of carbonyl (C=O) groups excluding carboxylic acids is 2. The van der Waals surface area contributed by atoms with Gasteiger partial charge >= 0.3 is 6.03 Å². The van der Waals surface area contributed by atoms with E-state index in [-0.39, 0.29) is 17.4 Å². The zero-order valence-corrected chi connectivity index (χ0v) is 12.9. The summed E-state index contributed by atoms with van der Waals surface area (Å²) in [4.78, 5) is 28.0. The van der Waals surface area contributed by atoms with Gasteiger partial charge in [0.05, 0.1) is 0 Å². The maximum atomic E-state index is 12.2. The molecule has 1 aliphatic heterocycles. The van der Waals surface area contributed by atoms with Crippen molar-refractivity contribution in [2.45, 2.75) is 52.5 Å². The van der Waals surface area contributed by atoms with E-state index < -0.39 is 0 Å². The minimum absolute atomic E-state index is 0.0414. The normalized spacial score (nSPS) is 21.1. The molecule has 0 radical (unpaired) electrons. The second kappa shape index (κ2) is 6.02. The van der Waals surface area contributed by atoms with E-state index in [0.29, 0.717) is 32.2 Å². The topological polar surface area (TPSA) is 52.7 Å². The van der Waals surface area contributed by atoms with Gasteiger partial charge in [-0.25, -0.2) is 4.79 Å². The molecule has 5 heteroatoms. The van der Waals surface area contributed by atoms with Crippen LogP contribution in [0, 0.1) is 5.41 Å². The van der Waals surface area contributed by atoms with Crippen LogP contribution in [0.15, 0.2) is 0 Å². The summed E-state index contributed by atoms with van der Waals surface area (Å²) in [6.07, 6.45) is 4.65. The summed E-state index contributed by atoms with van der Waals surface area (Å²) in [6, 6.07) is 0.400. The molecule has 2 rings (SSSR count). The summed E-state index contributed by atoms with van der Waals surface area (Å²) >= 11 is 0. The average Bonchev–Trinajstić information content (AvgIpc) is 2.90. The van der Waals surface area contributed by atoms with Gasteiger partial charge in [0.15, 0.2) is 0 Å². The molecule has 0 unspecified atom stereocenters. The number of hydrogen-bond acceptors (Lipinski definition) is 2. The van der Waals surface area contributed by atoms with Gasteiger partial charge in [0.1, 0.15) is 0 Å². The Kier molecular flexibility index (Phi) is 4.55. The zero-order valence-electron chi connectivity index (χ0n) is 12.9. The molecule has 114 valence electrons. The van der Waals surface area contributed by atoms with Crippen LogP contribution in [0.2, 0.25) is 0 Å². The van der Waals surface area contributed by atoms with Crippen molar-refractivity contribution in [2.24, 2.45) is 5.41 Å². The van der Waals surface area contributed by atoms with Gasteiger partial charge in [-0.3, -0.25) is 4.79 Å². The highest BCUT2D eigenvalue weighted by Crippen LogP contribution is 2.20. The van der Waals surface area contributed by atoms with Crippen LogP contribution in [0.25, 0.3) is 0 Å². The van der Waals surface area contributed by atoms with Crippen molar-refractivity contribution < 1.29 is 9.59 Å². The summed E-state index contributed by atoms with van der Waals surface area (Å²) in [7, 11) is 0. The smallest absolute Gasteiger partial charge is 0.317 e. The van der Waals surface area contributed by atoms with Gasteiger partial charge in [-0.2, -0.15) is 0 Å². The lowest BCUT2D eigenvalue weighted by Crippen LogP contribution is -2.55. The summed E-state index contributed by atoms with van der Waals surface area (Å²) in [5, 5.41) is 3.11. The minimum Gasteiger partial charge on any atom is -0.339 e. The van der Waals surface area contributed by atoms with E-state index in [0.717, 1.165) is 12.8 Å². The van der Waals surface area contributed by atoms with E-state index in [1.54, 1.807) is 0 Å². The van der Waals surface area contributed by atoms with Crippen LogP contribution in [0.3, 0.4) is 0 Å². The number of hydrogen-bond donors (Lipinski definition) is 1. The maximum Gasteiger partial charge on any atom is 0.317 e. The Balaban J connectivity index is 1.78. The first-order valence-electron chi connectivity index (χ1n) is 7.73. The fourth-order valence-electron chi connectivity index (χ4n) is 2.92.